The maximum absolute atomic E-state index is 13.2. The van der Waals surface area contributed by atoms with E-state index in [1.165, 1.54) is 23.9 Å². The van der Waals surface area contributed by atoms with Crippen molar-refractivity contribution in [2.24, 2.45) is 0 Å². The van der Waals surface area contributed by atoms with Crippen LogP contribution in [-0.2, 0) is 11.3 Å². The first kappa shape index (κ1) is 23.0. The maximum Gasteiger partial charge on any atom is 0.234 e. The lowest BCUT2D eigenvalue weighted by Gasteiger charge is -2.12. The zero-order valence-corrected chi connectivity index (χ0v) is 20.2. The minimum Gasteiger partial charge on any atom is -0.378 e. The van der Waals surface area contributed by atoms with E-state index in [0.717, 1.165) is 27.1 Å². The molecule has 0 unspecified atom stereocenters. The summed E-state index contributed by atoms with van der Waals surface area (Å²) < 4.78 is 15.9. The standard InChI is InChI=1S/C24H21BrFN5OS/c1-16-7-12-21(20(25)13-16)28-23(32)15-33-24-30-29-22(31(24)19-5-3-2-4-6-19)14-27-18-10-8-17(26)9-11-18/h2-13,27H,14-15H2,1H3,(H,28,32). The summed E-state index contributed by atoms with van der Waals surface area (Å²) in [5, 5.41) is 15.4. The SMILES string of the molecule is Cc1ccc(NC(=O)CSc2nnc(CNc3ccc(F)cc3)n2-c2ccccc2)c(Br)c1. The number of nitrogens with zero attached hydrogens (tertiary/aromatic N) is 3. The van der Waals surface area contributed by atoms with Gasteiger partial charge in [-0.15, -0.1) is 10.2 Å². The Bertz CT molecular complexity index is 1250. The third kappa shape index (κ3) is 6.00. The summed E-state index contributed by atoms with van der Waals surface area (Å²) in [5.41, 5.74) is 3.49. The second-order valence-corrected chi connectivity index (χ2v) is 9.05. The number of nitrogens with one attached hydrogen (secondary N) is 2. The fraction of sp³-hybridized carbons (Fsp3) is 0.125. The number of rotatable bonds is 8. The van der Waals surface area contributed by atoms with Crippen molar-refractivity contribution in [2.75, 3.05) is 16.4 Å². The highest BCUT2D eigenvalue weighted by Gasteiger charge is 2.16. The molecule has 2 N–H and O–H groups in total. The van der Waals surface area contributed by atoms with E-state index in [0.29, 0.717) is 17.5 Å². The van der Waals surface area contributed by atoms with Crippen molar-refractivity contribution in [1.82, 2.24) is 14.8 Å². The predicted octanol–water partition coefficient (Wildman–Crippen LogP) is 5.82. The predicted molar refractivity (Wildman–Crippen MR) is 133 cm³/mol. The van der Waals surface area contributed by atoms with Gasteiger partial charge in [0.15, 0.2) is 11.0 Å². The van der Waals surface area contributed by atoms with E-state index in [9.17, 15) is 9.18 Å². The average molecular weight is 526 g/mol. The first-order valence-electron chi connectivity index (χ1n) is 10.2. The number of para-hydroxylation sites is 1. The van der Waals surface area contributed by atoms with Gasteiger partial charge in [-0.05, 0) is 76.9 Å². The van der Waals surface area contributed by atoms with Gasteiger partial charge in [0.2, 0.25) is 5.91 Å². The smallest absolute Gasteiger partial charge is 0.234 e. The Kier molecular flexibility index (Phi) is 7.41. The number of halogens is 2. The molecule has 1 heterocycles. The molecule has 0 radical (unpaired) electrons. The van der Waals surface area contributed by atoms with Crippen molar-refractivity contribution < 1.29 is 9.18 Å². The van der Waals surface area contributed by atoms with Crippen LogP contribution in [0.15, 0.2) is 82.4 Å². The summed E-state index contributed by atoms with van der Waals surface area (Å²) in [7, 11) is 0. The fourth-order valence-electron chi connectivity index (χ4n) is 3.13. The van der Waals surface area contributed by atoms with Crippen molar-refractivity contribution in [3.05, 3.63) is 94.5 Å². The van der Waals surface area contributed by atoms with Gasteiger partial charge in [0.1, 0.15) is 5.82 Å². The molecular formula is C24H21BrFN5OS. The number of carbonyl (C=O) groups is 1. The van der Waals surface area contributed by atoms with E-state index < -0.39 is 0 Å². The summed E-state index contributed by atoms with van der Waals surface area (Å²) in [6.45, 7) is 2.38. The Morgan fingerprint density at radius 2 is 1.82 bits per heavy atom. The fourth-order valence-corrected chi connectivity index (χ4v) is 4.49. The summed E-state index contributed by atoms with van der Waals surface area (Å²) in [6, 6.07) is 21.6. The van der Waals surface area contributed by atoms with Crippen LogP contribution in [0.2, 0.25) is 0 Å². The van der Waals surface area contributed by atoms with E-state index >= 15 is 0 Å². The molecule has 1 aromatic heterocycles. The number of amides is 1. The van der Waals surface area contributed by atoms with Crippen LogP contribution in [0.1, 0.15) is 11.4 Å². The van der Waals surface area contributed by atoms with Gasteiger partial charge in [-0.2, -0.15) is 0 Å². The molecule has 9 heteroatoms. The molecular weight excluding hydrogens is 505 g/mol. The lowest BCUT2D eigenvalue weighted by atomic mass is 10.2. The van der Waals surface area contributed by atoms with Crippen molar-refractivity contribution in [1.29, 1.82) is 0 Å². The number of hydrogen-bond acceptors (Lipinski definition) is 5. The molecule has 0 saturated heterocycles. The van der Waals surface area contributed by atoms with Crippen LogP contribution in [0, 0.1) is 12.7 Å². The molecule has 0 aliphatic carbocycles. The minimum absolute atomic E-state index is 0.141. The van der Waals surface area contributed by atoms with Gasteiger partial charge in [0.25, 0.3) is 0 Å². The molecule has 0 atom stereocenters. The first-order valence-corrected chi connectivity index (χ1v) is 12.0. The molecule has 0 fully saturated rings. The zero-order chi connectivity index (χ0) is 23.2. The van der Waals surface area contributed by atoms with Gasteiger partial charge in [0.05, 0.1) is 18.0 Å². The van der Waals surface area contributed by atoms with E-state index in [1.807, 2.05) is 60.0 Å². The van der Waals surface area contributed by atoms with Crippen LogP contribution in [-0.4, -0.2) is 26.4 Å². The number of thioether (sulfide) groups is 1. The maximum atomic E-state index is 13.2. The van der Waals surface area contributed by atoms with Gasteiger partial charge >= 0.3 is 0 Å². The van der Waals surface area contributed by atoms with Crippen molar-refractivity contribution >= 4 is 45.0 Å². The lowest BCUT2D eigenvalue weighted by Crippen LogP contribution is -2.15. The number of aryl methyl sites for hydroxylation is 1. The van der Waals surface area contributed by atoms with Gasteiger partial charge in [-0.25, -0.2) is 4.39 Å². The van der Waals surface area contributed by atoms with E-state index in [4.69, 9.17) is 0 Å². The molecule has 3 aromatic carbocycles. The molecule has 0 aliphatic heterocycles. The number of benzene rings is 3. The largest absolute Gasteiger partial charge is 0.378 e. The third-order valence-corrected chi connectivity index (χ3v) is 6.33. The third-order valence-electron chi connectivity index (χ3n) is 4.74. The van der Waals surface area contributed by atoms with Crippen LogP contribution in [0.3, 0.4) is 0 Å². The first-order chi connectivity index (χ1) is 16.0. The summed E-state index contributed by atoms with van der Waals surface area (Å²) in [6.07, 6.45) is 0. The quantitative estimate of drug-likeness (QED) is 0.283. The molecule has 0 bridgehead atoms. The Morgan fingerprint density at radius 3 is 2.55 bits per heavy atom. The molecule has 0 saturated carbocycles. The molecule has 6 nitrogen and oxygen atoms in total. The number of carbonyl (C=O) groups excluding carboxylic acids is 1. The van der Waals surface area contributed by atoms with Gasteiger partial charge in [-0.1, -0.05) is 36.0 Å². The van der Waals surface area contributed by atoms with Gasteiger partial charge < -0.3 is 10.6 Å². The van der Waals surface area contributed by atoms with Crippen molar-refractivity contribution in [3.8, 4) is 5.69 Å². The summed E-state index contributed by atoms with van der Waals surface area (Å²) in [5.74, 6) is 0.423. The van der Waals surface area contributed by atoms with Crippen LogP contribution >= 0.6 is 27.7 Å². The summed E-state index contributed by atoms with van der Waals surface area (Å²) in [4.78, 5) is 12.6. The Hall–Kier alpha value is -3.17. The topological polar surface area (TPSA) is 71.8 Å². The second-order valence-electron chi connectivity index (χ2n) is 7.25. The zero-order valence-electron chi connectivity index (χ0n) is 17.8. The van der Waals surface area contributed by atoms with Crippen LogP contribution < -0.4 is 10.6 Å². The normalized spacial score (nSPS) is 10.8. The molecule has 33 heavy (non-hydrogen) atoms. The Balaban J connectivity index is 1.49. The Labute approximate surface area is 203 Å². The van der Waals surface area contributed by atoms with E-state index in [2.05, 4.69) is 36.8 Å². The highest BCUT2D eigenvalue weighted by molar-refractivity contribution is 9.10. The minimum atomic E-state index is -0.289. The van der Waals surface area contributed by atoms with Crippen LogP contribution in [0.25, 0.3) is 5.69 Å². The molecule has 168 valence electrons. The Morgan fingerprint density at radius 1 is 1.06 bits per heavy atom. The molecule has 0 aliphatic rings. The summed E-state index contributed by atoms with van der Waals surface area (Å²) >= 11 is 4.79. The number of aromatic nitrogens is 3. The molecule has 0 spiro atoms. The van der Waals surface area contributed by atoms with Crippen molar-refractivity contribution in [3.63, 3.8) is 0 Å². The van der Waals surface area contributed by atoms with E-state index in [-0.39, 0.29) is 17.5 Å². The highest BCUT2D eigenvalue weighted by atomic mass is 79.9. The van der Waals surface area contributed by atoms with E-state index in [1.54, 1.807) is 12.1 Å². The molecule has 4 aromatic rings. The number of hydrogen-bond donors (Lipinski definition) is 2. The molecule has 4 rings (SSSR count). The van der Waals surface area contributed by atoms with Gasteiger partial charge in [-0.3, -0.25) is 9.36 Å². The highest BCUT2D eigenvalue weighted by Crippen LogP contribution is 2.25. The van der Waals surface area contributed by atoms with Crippen LogP contribution in [0.5, 0.6) is 0 Å². The monoisotopic (exact) mass is 525 g/mol. The van der Waals surface area contributed by atoms with Crippen molar-refractivity contribution in [2.45, 2.75) is 18.6 Å². The second kappa shape index (κ2) is 10.6. The molecule has 1 amide bonds. The lowest BCUT2D eigenvalue weighted by molar-refractivity contribution is -0.113. The van der Waals surface area contributed by atoms with Gasteiger partial charge in [0, 0.05) is 15.8 Å². The number of anilines is 2. The average Bonchev–Trinajstić information content (AvgIpc) is 3.22. The van der Waals surface area contributed by atoms with Crippen LogP contribution in [0.4, 0.5) is 15.8 Å².